The van der Waals surface area contributed by atoms with E-state index in [4.69, 9.17) is 0 Å². The van der Waals surface area contributed by atoms with E-state index in [1.807, 2.05) is 13.0 Å². The van der Waals surface area contributed by atoms with Gasteiger partial charge in [-0.2, -0.15) is 9.40 Å². The molecule has 1 amide bonds. The van der Waals surface area contributed by atoms with Gasteiger partial charge < -0.3 is 4.90 Å². The van der Waals surface area contributed by atoms with Gasteiger partial charge >= 0.3 is 0 Å². The fourth-order valence-electron chi connectivity index (χ4n) is 2.92. The first kappa shape index (κ1) is 17.6. The van der Waals surface area contributed by atoms with Gasteiger partial charge in [0.05, 0.1) is 12.3 Å². The molecule has 1 saturated heterocycles. The first-order chi connectivity index (χ1) is 11.9. The van der Waals surface area contributed by atoms with Gasteiger partial charge in [-0.3, -0.25) is 14.5 Å². The van der Waals surface area contributed by atoms with E-state index < -0.39 is 10.0 Å². The molecule has 0 saturated carbocycles. The van der Waals surface area contributed by atoms with Crippen molar-refractivity contribution in [2.24, 2.45) is 0 Å². The molecular weight excluding hydrogens is 342 g/mol. The van der Waals surface area contributed by atoms with Crippen LogP contribution in [-0.2, 0) is 23.1 Å². The Kier molecular flexibility index (Phi) is 4.87. The van der Waals surface area contributed by atoms with Crippen molar-refractivity contribution in [1.29, 1.82) is 0 Å². The zero-order valence-corrected chi connectivity index (χ0v) is 15.1. The molecule has 1 aliphatic heterocycles. The molecule has 0 aromatic carbocycles. The van der Waals surface area contributed by atoms with E-state index >= 15 is 0 Å². The number of nitrogens with zero attached hydrogens (tertiary/aromatic N) is 5. The van der Waals surface area contributed by atoms with Gasteiger partial charge in [-0.05, 0) is 24.6 Å². The van der Waals surface area contributed by atoms with Crippen LogP contribution in [0.3, 0.4) is 0 Å². The largest absolute Gasteiger partial charge is 0.334 e. The number of hydrogen-bond acceptors (Lipinski definition) is 5. The van der Waals surface area contributed by atoms with Crippen LogP contribution in [0.25, 0.3) is 0 Å². The molecule has 0 N–H and O–H groups in total. The van der Waals surface area contributed by atoms with Crippen molar-refractivity contribution in [3.8, 4) is 0 Å². The molecule has 2 aromatic heterocycles. The molecule has 0 atom stereocenters. The predicted octanol–water partition coefficient (Wildman–Crippen LogP) is 0.584. The first-order valence-electron chi connectivity index (χ1n) is 8.07. The van der Waals surface area contributed by atoms with Crippen LogP contribution < -0.4 is 0 Å². The van der Waals surface area contributed by atoms with Crippen molar-refractivity contribution in [1.82, 2.24) is 24.0 Å². The lowest BCUT2D eigenvalue weighted by atomic mass is 10.1. The minimum Gasteiger partial charge on any atom is -0.334 e. The number of aryl methyl sites for hydroxylation is 1. The van der Waals surface area contributed by atoms with Gasteiger partial charge in [-0.25, -0.2) is 8.42 Å². The van der Waals surface area contributed by atoms with Crippen LogP contribution in [0.15, 0.2) is 36.8 Å². The molecule has 25 heavy (non-hydrogen) atoms. The number of aromatic nitrogens is 3. The average Bonchev–Trinajstić information content (AvgIpc) is 3.01. The van der Waals surface area contributed by atoms with Crippen LogP contribution in [0.1, 0.15) is 23.0 Å². The Hall–Kier alpha value is -2.26. The lowest BCUT2D eigenvalue weighted by Gasteiger charge is -2.44. The third-order valence-corrected chi connectivity index (χ3v) is 5.56. The summed E-state index contributed by atoms with van der Waals surface area (Å²) >= 11 is 0. The van der Waals surface area contributed by atoms with Gasteiger partial charge in [0, 0.05) is 44.8 Å². The normalized spacial score (nSPS) is 15.4. The molecule has 0 aliphatic carbocycles. The van der Waals surface area contributed by atoms with Gasteiger partial charge in [-0.15, -0.1) is 0 Å². The summed E-state index contributed by atoms with van der Waals surface area (Å²) in [6.45, 7) is 3.54. The van der Waals surface area contributed by atoms with Gasteiger partial charge in [0.2, 0.25) is 10.0 Å². The van der Waals surface area contributed by atoms with E-state index in [0.717, 1.165) is 5.56 Å². The molecule has 0 bridgehead atoms. The van der Waals surface area contributed by atoms with E-state index in [9.17, 15) is 13.2 Å². The van der Waals surface area contributed by atoms with E-state index in [0.29, 0.717) is 25.3 Å². The Labute approximate surface area is 147 Å². The molecule has 2 aromatic rings. The third-order valence-electron chi connectivity index (χ3n) is 4.28. The van der Waals surface area contributed by atoms with Crippen molar-refractivity contribution < 1.29 is 13.2 Å². The Bertz CT molecular complexity index is 844. The summed E-state index contributed by atoms with van der Waals surface area (Å²) in [6.07, 6.45) is 6.09. The van der Waals surface area contributed by atoms with Gasteiger partial charge in [0.25, 0.3) is 5.91 Å². The second kappa shape index (κ2) is 6.93. The third kappa shape index (κ3) is 3.72. The molecule has 1 aliphatic rings. The molecular formula is C16H21N5O3S. The molecule has 0 unspecified atom stereocenters. The molecule has 0 radical (unpaired) electrons. The number of hydrogen-bond donors (Lipinski definition) is 0. The standard InChI is InChI=1S/C16H21N5O3S/c1-3-20-15(6-8-18-20)16(22)19-11-14(12-19)21(25(2,23)24)10-13-5-4-7-17-9-13/h4-9,14H,3,10-12H2,1-2H3. The summed E-state index contributed by atoms with van der Waals surface area (Å²) in [6, 6.07) is 5.07. The van der Waals surface area contributed by atoms with Crippen LogP contribution in [-0.4, -0.2) is 63.7 Å². The maximum absolute atomic E-state index is 12.5. The highest BCUT2D eigenvalue weighted by Crippen LogP contribution is 2.22. The Morgan fingerprint density at radius 1 is 1.32 bits per heavy atom. The summed E-state index contributed by atoms with van der Waals surface area (Å²) in [7, 11) is -3.39. The topological polar surface area (TPSA) is 88.4 Å². The number of carbonyl (C=O) groups is 1. The molecule has 3 heterocycles. The van der Waals surface area contributed by atoms with Crippen LogP contribution in [0.5, 0.6) is 0 Å². The average molecular weight is 363 g/mol. The minimum atomic E-state index is -3.39. The Balaban J connectivity index is 1.69. The Morgan fingerprint density at radius 3 is 2.68 bits per heavy atom. The van der Waals surface area contributed by atoms with Crippen molar-refractivity contribution in [3.05, 3.63) is 48.0 Å². The Morgan fingerprint density at radius 2 is 2.08 bits per heavy atom. The maximum atomic E-state index is 12.5. The molecule has 3 rings (SSSR count). The van der Waals surface area contributed by atoms with E-state index in [-0.39, 0.29) is 18.5 Å². The number of carbonyl (C=O) groups excluding carboxylic acids is 1. The SMILES string of the molecule is CCn1nccc1C(=O)N1CC(N(Cc2cccnc2)S(C)(=O)=O)C1. The lowest BCUT2D eigenvalue weighted by Crippen LogP contribution is -2.62. The summed E-state index contributed by atoms with van der Waals surface area (Å²) in [4.78, 5) is 18.2. The molecule has 9 heteroatoms. The zero-order chi connectivity index (χ0) is 18.0. The number of sulfonamides is 1. The zero-order valence-electron chi connectivity index (χ0n) is 14.2. The second-order valence-electron chi connectivity index (χ2n) is 6.07. The quantitative estimate of drug-likeness (QED) is 0.749. The molecule has 134 valence electrons. The van der Waals surface area contributed by atoms with E-state index in [1.165, 1.54) is 10.6 Å². The van der Waals surface area contributed by atoms with Crippen molar-refractivity contribution in [2.75, 3.05) is 19.3 Å². The van der Waals surface area contributed by atoms with Gasteiger partial charge in [0.1, 0.15) is 5.69 Å². The summed E-state index contributed by atoms with van der Waals surface area (Å²) in [5.41, 5.74) is 1.35. The molecule has 8 nitrogen and oxygen atoms in total. The summed E-state index contributed by atoms with van der Waals surface area (Å²) in [5, 5.41) is 4.10. The van der Waals surface area contributed by atoms with Crippen LogP contribution in [0.2, 0.25) is 0 Å². The predicted molar refractivity (Wildman–Crippen MR) is 92.2 cm³/mol. The smallest absolute Gasteiger partial charge is 0.272 e. The fraction of sp³-hybridized carbons (Fsp3) is 0.438. The van der Waals surface area contributed by atoms with Crippen LogP contribution in [0.4, 0.5) is 0 Å². The second-order valence-corrected chi connectivity index (χ2v) is 8.00. The van der Waals surface area contributed by atoms with E-state index in [2.05, 4.69) is 10.1 Å². The first-order valence-corrected chi connectivity index (χ1v) is 9.91. The van der Waals surface area contributed by atoms with Crippen molar-refractivity contribution >= 4 is 15.9 Å². The van der Waals surface area contributed by atoms with Crippen molar-refractivity contribution in [2.45, 2.75) is 26.1 Å². The molecule has 1 fully saturated rings. The van der Waals surface area contributed by atoms with Crippen molar-refractivity contribution in [3.63, 3.8) is 0 Å². The maximum Gasteiger partial charge on any atom is 0.272 e. The minimum absolute atomic E-state index is 0.120. The fourth-order valence-corrected chi connectivity index (χ4v) is 3.98. The van der Waals surface area contributed by atoms with Gasteiger partial charge in [0.15, 0.2) is 0 Å². The van der Waals surface area contributed by atoms with Crippen LogP contribution in [0, 0.1) is 0 Å². The summed E-state index contributed by atoms with van der Waals surface area (Å²) in [5.74, 6) is -0.120. The van der Waals surface area contributed by atoms with Gasteiger partial charge in [-0.1, -0.05) is 6.07 Å². The highest BCUT2D eigenvalue weighted by Gasteiger charge is 2.39. The number of pyridine rings is 1. The molecule has 0 spiro atoms. The number of amides is 1. The lowest BCUT2D eigenvalue weighted by molar-refractivity contribution is 0.0432. The highest BCUT2D eigenvalue weighted by molar-refractivity contribution is 7.88. The highest BCUT2D eigenvalue weighted by atomic mass is 32.2. The summed E-state index contributed by atoms with van der Waals surface area (Å²) < 4.78 is 27.4. The monoisotopic (exact) mass is 363 g/mol. The number of likely N-dealkylation sites (tertiary alicyclic amines) is 1. The number of rotatable bonds is 6. The van der Waals surface area contributed by atoms with E-state index in [1.54, 1.807) is 40.3 Å². The van der Waals surface area contributed by atoms with Crippen LogP contribution >= 0.6 is 0 Å².